The number of likely N-dealkylation sites (tertiary alicyclic amines) is 1. The van der Waals surface area contributed by atoms with E-state index < -0.39 is 0 Å². The third-order valence-corrected chi connectivity index (χ3v) is 6.11. The second-order valence-electron chi connectivity index (χ2n) is 7.96. The molecule has 2 aromatic rings. The number of amides is 1. The molecule has 0 aromatic heterocycles. The molecule has 4 rings (SSSR count). The SMILES string of the molecule is CCC(=O)N1C2CCCC1CN(CC=C(c1ccccc1)c1ccccc1)C2. The highest BCUT2D eigenvalue weighted by Crippen LogP contribution is 2.30. The number of piperazine rings is 1. The van der Waals surface area contributed by atoms with E-state index in [0.29, 0.717) is 24.4 Å². The summed E-state index contributed by atoms with van der Waals surface area (Å²) in [6, 6.07) is 22.1. The van der Waals surface area contributed by atoms with Crippen molar-refractivity contribution in [3.05, 3.63) is 77.9 Å². The van der Waals surface area contributed by atoms with Gasteiger partial charge in [0.1, 0.15) is 0 Å². The van der Waals surface area contributed by atoms with Gasteiger partial charge in [0.05, 0.1) is 0 Å². The highest BCUT2D eigenvalue weighted by Gasteiger charge is 2.38. The Morgan fingerprint density at radius 1 is 0.929 bits per heavy atom. The third-order valence-electron chi connectivity index (χ3n) is 6.11. The summed E-state index contributed by atoms with van der Waals surface area (Å²) in [7, 11) is 0. The Morgan fingerprint density at radius 2 is 1.46 bits per heavy atom. The summed E-state index contributed by atoms with van der Waals surface area (Å²) in [5.41, 5.74) is 3.81. The van der Waals surface area contributed by atoms with Crippen LogP contribution in [-0.2, 0) is 4.79 Å². The molecule has 0 saturated carbocycles. The van der Waals surface area contributed by atoms with Crippen LogP contribution in [-0.4, -0.2) is 47.4 Å². The van der Waals surface area contributed by atoms with Gasteiger partial charge in [0.15, 0.2) is 0 Å². The van der Waals surface area contributed by atoms with Crippen molar-refractivity contribution in [2.45, 2.75) is 44.7 Å². The average Bonchev–Trinajstić information content (AvgIpc) is 2.74. The Bertz CT molecular complexity index is 759. The predicted molar refractivity (Wildman–Crippen MR) is 115 cm³/mol. The zero-order valence-electron chi connectivity index (χ0n) is 16.8. The maximum atomic E-state index is 12.4. The van der Waals surface area contributed by atoms with Crippen molar-refractivity contribution >= 4 is 11.5 Å². The van der Waals surface area contributed by atoms with Gasteiger partial charge in [-0.1, -0.05) is 73.7 Å². The third kappa shape index (κ3) is 4.05. The highest BCUT2D eigenvalue weighted by molar-refractivity contribution is 5.80. The minimum Gasteiger partial charge on any atom is -0.334 e. The lowest BCUT2D eigenvalue weighted by atomic mass is 9.90. The maximum Gasteiger partial charge on any atom is 0.222 e. The first-order chi connectivity index (χ1) is 13.8. The molecule has 2 aromatic carbocycles. The van der Waals surface area contributed by atoms with Crippen molar-refractivity contribution in [1.29, 1.82) is 0 Å². The molecule has 1 amide bonds. The molecule has 3 heteroatoms. The van der Waals surface area contributed by atoms with E-state index in [1.807, 2.05) is 6.92 Å². The van der Waals surface area contributed by atoms with E-state index in [1.165, 1.54) is 23.1 Å². The molecule has 146 valence electrons. The molecular formula is C25H30N2O. The Morgan fingerprint density at radius 3 is 1.96 bits per heavy atom. The van der Waals surface area contributed by atoms with Gasteiger partial charge in [0.2, 0.25) is 5.91 Å². The fourth-order valence-electron chi connectivity index (χ4n) is 4.79. The fourth-order valence-corrected chi connectivity index (χ4v) is 4.79. The number of benzene rings is 2. The lowest BCUT2D eigenvalue weighted by Crippen LogP contribution is -2.62. The molecule has 2 bridgehead atoms. The molecule has 0 radical (unpaired) electrons. The molecule has 2 unspecified atom stereocenters. The first kappa shape index (κ1) is 18.9. The van der Waals surface area contributed by atoms with Crippen molar-refractivity contribution in [2.75, 3.05) is 19.6 Å². The van der Waals surface area contributed by atoms with Crippen LogP contribution in [0.25, 0.3) is 5.57 Å². The smallest absolute Gasteiger partial charge is 0.222 e. The van der Waals surface area contributed by atoms with Crippen LogP contribution in [0.5, 0.6) is 0 Å². The Kier molecular flexibility index (Phi) is 5.92. The maximum absolute atomic E-state index is 12.4. The lowest BCUT2D eigenvalue weighted by molar-refractivity contribution is -0.142. The van der Waals surface area contributed by atoms with Crippen LogP contribution in [0.2, 0.25) is 0 Å². The van der Waals surface area contributed by atoms with Crippen LogP contribution in [0, 0.1) is 0 Å². The number of nitrogens with zero attached hydrogens (tertiary/aromatic N) is 2. The van der Waals surface area contributed by atoms with Crippen LogP contribution in [0.15, 0.2) is 66.7 Å². The van der Waals surface area contributed by atoms with Crippen molar-refractivity contribution in [1.82, 2.24) is 9.80 Å². The number of hydrogen-bond donors (Lipinski definition) is 0. The number of piperidine rings is 1. The summed E-state index contributed by atoms with van der Waals surface area (Å²) < 4.78 is 0. The largest absolute Gasteiger partial charge is 0.334 e. The number of rotatable bonds is 5. The average molecular weight is 375 g/mol. The van der Waals surface area contributed by atoms with Crippen LogP contribution >= 0.6 is 0 Å². The van der Waals surface area contributed by atoms with E-state index in [0.717, 1.165) is 32.5 Å². The monoisotopic (exact) mass is 374 g/mol. The van der Waals surface area contributed by atoms with Crippen molar-refractivity contribution in [2.24, 2.45) is 0 Å². The van der Waals surface area contributed by atoms with E-state index in [-0.39, 0.29) is 0 Å². The number of hydrogen-bond acceptors (Lipinski definition) is 2. The Labute approximate surface area is 168 Å². The fraction of sp³-hybridized carbons (Fsp3) is 0.400. The van der Waals surface area contributed by atoms with Gasteiger partial charge < -0.3 is 4.90 Å². The summed E-state index contributed by atoms with van der Waals surface area (Å²) in [4.78, 5) is 17.2. The van der Waals surface area contributed by atoms with Crippen LogP contribution in [0.1, 0.15) is 43.7 Å². The summed E-state index contributed by atoms with van der Waals surface area (Å²) in [5.74, 6) is 0.333. The van der Waals surface area contributed by atoms with Gasteiger partial charge in [0, 0.05) is 38.1 Å². The number of carbonyl (C=O) groups is 1. The lowest BCUT2D eigenvalue weighted by Gasteiger charge is -2.50. The van der Waals surface area contributed by atoms with Crippen LogP contribution in [0.4, 0.5) is 0 Å². The molecule has 28 heavy (non-hydrogen) atoms. The Hall–Kier alpha value is -2.39. The topological polar surface area (TPSA) is 23.6 Å². The summed E-state index contributed by atoms with van der Waals surface area (Å²) in [6.07, 6.45) is 6.54. The first-order valence-electron chi connectivity index (χ1n) is 10.6. The van der Waals surface area contributed by atoms with Gasteiger partial charge in [-0.3, -0.25) is 9.69 Å². The van der Waals surface area contributed by atoms with Gasteiger partial charge in [-0.15, -0.1) is 0 Å². The second-order valence-corrected chi connectivity index (χ2v) is 7.96. The standard InChI is InChI=1S/C25H30N2O/c1-2-25(28)27-22-14-9-15-23(27)19-26(18-22)17-16-24(20-10-5-3-6-11-20)21-12-7-4-8-13-21/h3-8,10-13,16,22-23H,2,9,14-15,17-19H2,1H3. The molecule has 3 nitrogen and oxygen atoms in total. The Balaban J connectivity index is 1.54. The van der Waals surface area contributed by atoms with E-state index in [2.05, 4.69) is 76.5 Å². The van der Waals surface area contributed by atoms with Gasteiger partial charge in [0.25, 0.3) is 0 Å². The van der Waals surface area contributed by atoms with Crippen LogP contribution < -0.4 is 0 Å². The molecule has 2 atom stereocenters. The van der Waals surface area contributed by atoms with Crippen molar-refractivity contribution < 1.29 is 4.79 Å². The summed E-state index contributed by atoms with van der Waals surface area (Å²) >= 11 is 0. The van der Waals surface area contributed by atoms with E-state index in [1.54, 1.807) is 0 Å². The van der Waals surface area contributed by atoms with Gasteiger partial charge in [-0.25, -0.2) is 0 Å². The first-order valence-corrected chi connectivity index (χ1v) is 10.6. The van der Waals surface area contributed by atoms with E-state index >= 15 is 0 Å². The van der Waals surface area contributed by atoms with Gasteiger partial charge >= 0.3 is 0 Å². The summed E-state index contributed by atoms with van der Waals surface area (Å²) in [5, 5.41) is 0. The minimum absolute atomic E-state index is 0.333. The second kappa shape index (κ2) is 8.74. The van der Waals surface area contributed by atoms with Gasteiger partial charge in [-0.05, 0) is 36.0 Å². The van der Waals surface area contributed by atoms with Crippen molar-refractivity contribution in [3.63, 3.8) is 0 Å². The van der Waals surface area contributed by atoms with Crippen LogP contribution in [0.3, 0.4) is 0 Å². The van der Waals surface area contributed by atoms with Crippen molar-refractivity contribution in [3.8, 4) is 0 Å². The summed E-state index contributed by atoms with van der Waals surface area (Å²) in [6.45, 7) is 4.91. The molecule has 2 heterocycles. The molecule has 2 saturated heterocycles. The normalized spacial score (nSPS) is 22.0. The molecule has 2 aliphatic rings. The molecule has 0 aliphatic carbocycles. The predicted octanol–water partition coefficient (Wildman–Crippen LogP) is 4.59. The molecule has 2 aliphatic heterocycles. The number of fused-ring (bicyclic) bond motifs is 2. The van der Waals surface area contributed by atoms with Gasteiger partial charge in [-0.2, -0.15) is 0 Å². The van der Waals surface area contributed by atoms with E-state index in [4.69, 9.17) is 0 Å². The highest BCUT2D eigenvalue weighted by atomic mass is 16.2. The van der Waals surface area contributed by atoms with E-state index in [9.17, 15) is 4.79 Å². The quantitative estimate of drug-likeness (QED) is 0.764. The zero-order valence-corrected chi connectivity index (χ0v) is 16.8. The molecule has 2 fully saturated rings. The minimum atomic E-state index is 0.333. The number of carbonyl (C=O) groups excluding carboxylic acids is 1. The molecule has 0 N–H and O–H groups in total. The zero-order chi connectivity index (χ0) is 19.3. The molecule has 0 spiro atoms. The molecular weight excluding hydrogens is 344 g/mol.